The fourth-order valence-electron chi connectivity index (χ4n) is 7.58. The highest BCUT2D eigenvalue weighted by molar-refractivity contribution is 9.10. The number of carbonyl (C=O) groups excluding carboxylic acids is 3. The molecule has 3 aromatic heterocycles. The number of benzene rings is 1. The fraction of sp³-hybridized carbons (Fsp3) is 0.441. The molecule has 1 spiro atoms. The molecule has 4 aliphatic rings. The Labute approximate surface area is 280 Å². The van der Waals surface area contributed by atoms with Crippen LogP contribution in [0.2, 0.25) is 0 Å². The van der Waals surface area contributed by atoms with E-state index in [1.807, 2.05) is 37.3 Å². The van der Waals surface area contributed by atoms with Gasteiger partial charge in [-0.05, 0) is 64.9 Å². The molecule has 1 aliphatic carbocycles. The molecular formula is C34H35BrN8O4. The molecule has 3 saturated heterocycles. The van der Waals surface area contributed by atoms with Gasteiger partial charge < -0.3 is 15.0 Å². The molecule has 4 aromatic rings. The van der Waals surface area contributed by atoms with E-state index < -0.39 is 6.04 Å². The van der Waals surface area contributed by atoms with Crippen molar-refractivity contribution in [3.63, 3.8) is 0 Å². The van der Waals surface area contributed by atoms with E-state index in [4.69, 9.17) is 4.74 Å². The molecule has 47 heavy (non-hydrogen) atoms. The van der Waals surface area contributed by atoms with Gasteiger partial charge in [0.2, 0.25) is 11.8 Å². The van der Waals surface area contributed by atoms with Gasteiger partial charge in [0.05, 0.1) is 18.7 Å². The molecule has 0 radical (unpaired) electrons. The first-order valence-corrected chi connectivity index (χ1v) is 16.7. The summed E-state index contributed by atoms with van der Waals surface area (Å²) in [7, 11) is 0. The van der Waals surface area contributed by atoms with Crippen LogP contribution in [0.3, 0.4) is 0 Å². The molecule has 1 N–H and O–H groups in total. The van der Waals surface area contributed by atoms with Gasteiger partial charge in [-0.1, -0.05) is 19.1 Å². The van der Waals surface area contributed by atoms with Crippen LogP contribution in [0.4, 0.5) is 5.82 Å². The number of nitrogens with zero attached hydrogens (tertiary/aromatic N) is 7. The van der Waals surface area contributed by atoms with E-state index in [0.29, 0.717) is 45.8 Å². The lowest BCUT2D eigenvalue weighted by atomic mass is 9.78. The second-order valence-electron chi connectivity index (χ2n) is 14.0. The summed E-state index contributed by atoms with van der Waals surface area (Å²) in [5, 5.41) is 8.31. The van der Waals surface area contributed by atoms with Crippen molar-refractivity contribution in [2.45, 2.75) is 58.8 Å². The Balaban J connectivity index is 1.03. The first kappa shape index (κ1) is 30.3. The number of hydrogen-bond donors (Lipinski definition) is 1. The zero-order chi connectivity index (χ0) is 32.7. The quantitative estimate of drug-likeness (QED) is 0.214. The van der Waals surface area contributed by atoms with Crippen molar-refractivity contribution >= 4 is 50.2 Å². The molecule has 8 rings (SSSR count). The van der Waals surface area contributed by atoms with E-state index in [0.717, 1.165) is 49.4 Å². The Morgan fingerprint density at radius 3 is 2.53 bits per heavy atom. The van der Waals surface area contributed by atoms with E-state index in [-0.39, 0.29) is 41.0 Å². The van der Waals surface area contributed by atoms with Crippen LogP contribution in [-0.4, -0.2) is 90.5 Å². The van der Waals surface area contributed by atoms with Gasteiger partial charge in [-0.25, -0.2) is 15.0 Å². The van der Waals surface area contributed by atoms with Gasteiger partial charge in [0.15, 0.2) is 5.78 Å². The van der Waals surface area contributed by atoms with Gasteiger partial charge in [0.1, 0.15) is 34.5 Å². The Kier molecular flexibility index (Phi) is 7.08. The summed E-state index contributed by atoms with van der Waals surface area (Å²) in [5.74, 6) is 0.531. The fourth-order valence-corrected chi connectivity index (χ4v) is 7.89. The first-order valence-electron chi connectivity index (χ1n) is 15.9. The molecule has 1 aromatic carbocycles. The third-order valence-electron chi connectivity index (χ3n) is 10.2. The molecule has 4 fully saturated rings. The van der Waals surface area contributed by atoms with Crippen molar-refractivity contribution in [2.75, 3.05) is 31.6 Å². The number of hydrogen-bond acceptors (Lipinski definition) is 9. The zero-order valence-electron chi connectivity index (χ0n) is 26.5. The van der Waals surface area contributed by atoms with Crippen LogP contribution < -0.4 is 5.32 Å². The predicted octanol–water partition coefficient (Wildman–Crippen LogP) is 4.01. The third kappa shape index (κ3) is 5.34. The van der Waals surface area contributed by atoms with Crippen molar-refractivity contribution in [3.05, 3.63) is 64.4 Å². The summed E-state index contributed by atoms with van der Waals surface area (Å²) >= 11 is 3.46. The number of aryl methyl sites for hydroxylation is 1. The average molecular weight is 700 g/mol. The molecule has 242 valence electrons. The average Bonchev–Trinajstić information content (AvgIpc) is 3.36. The smallest absolute Gasteiger partial charge is 0.248 e. The van der Waals surface area contributed by atoms with E-state index in [1.165, 1.54) is 6.92 Å². The third-order valence-corrected chi connectivity index (χ3v) is 10.7. The maximum absolute atomic E-state index is 14.1. The summed E-state index contributed by atoms with van der Waals surface area (Å²) in [4.78, 5) is 57.9. The number of Topliss-reactive ketones (excluding diaryl/α,β-unsaturated/α-hetero) is 1. The molecule has 0 bridgehead atoms. The normalized spacial score (nSPS) is 24.1. The van der Waals surface area contributed by atoms with Crippen LogP contribution in [0.15, 0.2) is 47.3 Å². The molecular weight excluding hydrogens is 664 g/mol. The molecule has 3 atom stereocenters. The van der Waals surface area contributed by atoms with Crippen LogP contribution in [0.5, 0.6) is 0 Å². The highest BCUT2D eigenvalue weighted by Crippen LogP contribution is 2.59. The number of nitrogens with one attached hydrogen (secondary N) is 1. The SMILES string of the molecule is CC(=O)c1nn(CC(=O)N2[C@H](C(=O)Nc3nc(Br)ccc3CN3CC4(COC4)C3)C[C@@]3(C)C[C@@H]23)c2ccc(-c3cnc(C)nc3)cc12. The van der Waals surface area contributed by atoms with Crippen molar-refractivity contribution in [2.24, 2.45) is 10.8 Å². The number of aromatic nitrogens is 5. The van der Waals surface area contributed by atoms with Gasteiger partial charge in [-0.15, -0.1) is 0 Å². The monoisotopic (exact) mass is 698 g/mol. The molecule has 6 heterocycles. The van der Waals surface area contributed by atoms with Crippen LogP contribution in [0.25, 0.3) is 22.0 Å². The standard InChI is InChI=1S/C34H35BrN8O4/c1-19(44)30-24-8-21(23-11-36-20(2)37-12-23)4-6-25(24)42(40-30)14-29(45)43-26(9-33(3)10-27(33)43)32(46)39-31-22(5-7-28(35)38-31)13-41-15-34(16-41)17-47-18-34/h4-8,11-12,26-27H,9-10,13-18H2,1-3H3,(H,38,39,46)/t26-,27+,33-/m0/s1. The van der Waals surface area contributed by atoms with Gasteiger partial charge in [-0.3, -0.25) is 24.0 Å². The Morgan fingerprint density at radius 2 is 1.83 bits per heavy atom. The Bertz CT molecular complexity index is 1950. The number of piperidine rings is 1. The minimum atomic E-state index is -0.637. The maximum atomic E-state index is 14.1. The van der Waals surface area contributed by atoms with Gasteiger partial charge in [-0.2, -0.15) is 5.10 Å². The summed E-state index contributed by atoms with van der Waals surface area (Å²) < 4.78 is 7.62. The van der Waals surface area contributed by atoms with Gasteiger partial charge in [0.25, 0.3) is 0 Å². The summed E-state index contributed by atoms with van der Waals surface area (Å²) in [6.07, 6.45) is 4.92. The van der Waals surface area contributed by atoms with Crippen LogP contribution in [0.1, 0.15) is 48.6 Å². The van der Waals surface area contributed by atoms with Crippen LogP contribution in [0, 0.1) is 17.8 Å². The topological polar surface area (TPSA) is 135 Å². The highest BCUT2D eigenvalue weighted by Gasteiger charge is 2.64. The molecule has 1 saturated carbocycles. The highest BCUT2D eigenvalue weighted by atomic mass is 79.9. The largest absolute Gasteiger partial charge is 0.380 e. The summed E-state index contributed by atoms with van der Waals surface area (Å²) in [6.45, 7) is 9.57. The molecule has 2 amide bonds. The van der Waals surface area contributed by atoms with Gasteiger partial charge >= 0.3 is 0 Å². The number of fused-ring (bicyclic) bond motifs is 2. The molecule has 3 aliphatic heterocycles. The number of pyridine rings is 1. The van der Waals surface area contributed by atoms with Crippen molar-refractivity contribution in [1.29, 1.82) is 0 Å². The summed E-state index contributed by atoms with van der Waals surface area (Å²) in [5.41, 5.74) is 3.74. The van der Waals surface area contributed by atoms with Crippen LogP contribution in [-0.2, 0) is 27.4 Å². The van der Waals surface area contributed by atoms with E-state index in [1.54, 1.807) is 22.0 Å². The second kappa shape index (κ2) is 11.0. The molecule has 12 nitrogen and oxygen atoms in total. The van der Waals surface area contributed by atoms with Crippen molar-refractivity contribution in [3.8, 4) is 11.1 Å². The lowest BCUT2D eigenvalue weighted by molar-refractivity contribution is -0.191. The number of ether oxygens (including phenoxy) is 1. The number of amides is 2. The Morgan fingerprint density at radius 1 is 1.06 bits per heavy atom. The van der Waals surface area contributed by atoms with E-state index in [2.05, 4.69) is 53.1 Å². The van der Waals surface area contributed by atoms with E-state index in [9.17, 15) is 14.4 Å². The first-order chi connectivity index (χ1) is 22.5. The summed E-state index contributed by atoms with van der Waals surface area (Å²) in [6, 6.07) is 8.88. The minimum absolute atomic E-state index is 0.0232. The number of likely N-dealkylation sites (tertiary alicyclic amines) is 2. The van der Waals surface area contributed by atoms with Crippen molar-refractivity contribution < 1.29 is 19.1 Å². The Hall–Kier alpha value is -4.07. The lowest BCUT2D eigenvalue weighted by Gasteiger charge is -2.55. The van der Waals surface area contributed by atoms with Crippen molar-refractivity contribution in [1.82, 2.24) is 34.5 Å². The lowest BCUT2D eigenvalue weighted by Crippen LogP contribution is -2.65. The number of halogens is 1. The zero-order valence-corrected chi connectivity index (χ0v) is 28.1. The molecule has 0 unspecified atom stereocenters. The maximum Gasteiger partial charge on any atom is 0.248 e. The number of anilines is 1. The van der Waals surface area contributed by atoms with Crippen LogP contribution >= 0.6 is 15.9 Å². The number of rotatable bonds is 8. The minimum Gasteiger partial charge on any atom is -0.380 e. The van der Waals surface area contributed by atoms with Gasteiger partial charge in [0, 0.05) is 66.9 Å². The molecule has 13 heteroatoms. The van der Waals surface area contributed by atoms with E-state index >= 15 is 0 Å². The number of carbonyl (C=O) groups is 3. The second-order valence-corrected chi connectivity index (χ2v) is 14.8. The predicted molar refractivity (Wildman–Crippen MR) is 176 cm³/mol. The number of ketones is 1.